The number of rotatable bonds is 4. The van der Waals surface area contributed by atoms with Crippen molar-refractivity contribution < 1.29 is 9.31 Å². The van der Waals surface area contributed by atoms with Crippen LogP contribution in [-0.2, 0) is 6.54 Å². The Kier molecular flexibility index (Phi) is 4.34. The fourth-order valence-electron chi connectivity index (χ4n) is 1.82. The van der Waals surface area contributed by atoms with Crippen molar-refractivity contribution in [3.8, 4) is 0 Å². The van der Waals surface area contributed by atoms with Crippen molar-refractivity contribution in [3.63, 3.8) is 0 Å². The van der Waals surface area contributed by atoms with Gasteiger partial charge in [-0.1, -0.05) is 34.1 Å². The van der Waals surface area contributed by atoms with Gasteiger partial charge in [0.2, 0.25) is 5.82 Å². The zero-order chi connectivity index (χ0) is 14.7. The monoisotopic (exact) mass is 338 g/mol. The molecule has 0 heterocycles. The molecular formula is C14H12BrFN2O2. The summed E-state index contributed by atoms with van der Waals surface area (Å²) in [5.74, 6) is -0.794. The molecule has 0 amide bonds. The SMILES string of the molecule is Cc1ccc(Br)cc1NCc1cccc([N+](=O)[O-])c1F. The summed E-state index contributed by atoms with van der Waals surface area (Å²) in [6.07, 6.45) is 0. The minimum absolute atomic E-state index is 0.185. The molecule has 2 aromatic rings. The van der Waals surface area contributed by atoms with Gasteiger partial charge in [0, 0.05) is 28.3 Å². The molecule has 2 rings (SSSR count). The standard InChI is InChI=1S/C14H12BrFN2O2/c1-9-5-6-11(15)7-12(9)17-8-10-3-2-4-13(14(10)16)18(19)20/h2-7,17H,8H2,1H3. The van der Waals surface area contributed by atoms with Crippen LogP contribution in [0.5, 0.6) is 0 Å². The molecule has 104 valence electrons. The summed E-state index contributed by atoms with van der Waals surface area (Å²) < 4.78 is 14.8. The minimum Gasteiger partial charge on any atom is -0.381 e. The second-order valence-corrected chi connectivity index (χ2v) is 5.24. The van der Waals surface area contributed by atoms with Crippen molar-refractivity contribution in [2.24, 2.45) is 0 Å². The number of benzene rings is 2. The molecule has 1 N–H and O–H groups in total. The molecule has 0 aliphatic rings. The molecule has 0 atom stereocenters. The van der Waals surface area contributed by atoms with Gasteiger partial charge in [0.25, 0.3) is 0 Å². The predicted octanol–water partition coefficient (Wildman–Crippen LogP) is 4.42. The molecule has 0 saturated heterocycles. The molecule has 0 radical (unpaired) electrons. The fraction of sp³-hybridized carbons (Fsp3) is 0.143. The Labute approximate surface area is 123 Å². The van der Waals surface area contributed by atoms with E-state index in [-0.39, 0.29) is 12.1 Å². The van der Waals surface area contributed by atoms with Crippen LogP contribution >= 0.6 is 15.9 Å². The van der Waals surface area contributed by atoms with E-state index < -0.39 is 16.4 Å². The maximum absolute atomic E-state index is 13.9. The molecule has 0 fully saturated rings. The second-order valence-electron chi connectivity index (χ2n) is 4.32. The van der Waals surface area contributed by atoms with Crippen LogP contribution in [0.1, 0.15) is 11.1 Å². The first-order valence-electron chi connectivity index (χ1n) is 5.91. The van der Waals surface area contributed by atoms with Crippen LogP contribution < -0.4 is 5.32 Å². The topological polar surface area (TPSA) is 55.2 Å². The number of anilines is 1. The van der Waals surface area contributed by atoms with Crippen LogP contribution in [0.3, 0.4) is 0 Å². The van der Waals surface area contributed by atoms with E-state index in [2.05, 4.69) is 21.2 Å². The summed E-state index contributed by atoms with van der Waals surface area (Å²) in [7, 11) is 0. The molecular weight excluding hydrogens is 327 g/mol. The zero-order valence-electron chi connectivity index (χ0n) is 10.7. The lowest BCUT2D eigenvalue weighted by atomic mass is 10.1. The Morgan fingerprint density at radius 2 is 2.10 bits per heavy atom. The molecule has 20 heavy (non-hydrogen) atoms. The summed E-state index contributed by atoms with van der Waals surface area (Å²) >= 11 is 3.36. The van der Waals surface area contributed by atoms with Gasteiger partial charge in [0.1, 0.15) is 0 Å². The van der Waals surface area contributed by atoms with Gasteiger partial charge in [-0.25, -0.2) is 0 Å². The van der Waals surface area contributed by atoms with Gasteiger partial charge >= 0.3 is 5.69 Å². The van der Waals surface area contributed by atoms with Gasteiger partial charge in [-0.15, -0.1) is 0 Å². The van der Waals surface area contributed by atoms with Crippen LogP contribution in [0.15, 0.2) is 40.9 Å². The van der Waals surface area contributed by atoms with Crippen molar-refractivity contribution in [1.82, 2.24) is 0 Å². The van der Waals surface area contributed by atoms with Crippen molar-refractivity contribution in [1.29, 1.82) is 0 Å². The first-order valence-corrected chi connectivity index (χ1v) is 6.70. The van der Waals surface area contributed by atoms with E-state index in [0.717, 1.165) is 21.8 Å². The average Bonchev–Trinajstić information content (AvgIpc) is 2.41. The number of nitrogens with one attached hydrogen (secondary N) is 1. The Bertz CT molecular complexity index is 662. The van der Waals surface area contributed by atoms with Crippen molar-refractivity contribution in [3.05, 3.63) is 67.9 Å². The van der Waals surface area contributed by atoms with Gasteiger partial charge in [-0.3, -0.25) is 10.1 Å². The predicted molar refractivity (Wildman–Crippen MR) is 79.3 cm³/mol. The highest BCUT2D eigenvalue weighted by Gasteiger charge is 2.16. The van der Waals surface area contributed by atoms with Gasteiger partial charge < -0.3 is 5.32 Å². The molecule has 6 heteroatoms. The number of nitro benzene ring substituents is 1. The van der Waals surface area contributed by atoms with Crippen LogP contribution in [0, 0.1) is 22.9 Å². The maximum Gasteiger partial charge on any atom is 0.305 e. The van der Waals surface area contributed by atoms with E-state index in [1.807, 2.05) is 25.1 Å². The van der Waals surface area contributed by atoms with E-state index in [1.165, 1.54) is 12.1 Å². The third-order valence-electron chi connectivity index (χ3n) is 2.92. The largest absolute Gasteiger partial charge is 0.381 e. The number of nitro groups is 1. The number of nitrogens with zero attached hydrogens (tertiary/aromatic N) is 1. The Morgan fingerprint density at radius 3 is 2.80 bits per heavy atom. The van der Waals surface area contributed by atoms with Crippen LogP contribution in [-0.4, -0.2) is 4.92 Å². The number of hydrogen-bond acceptors (Lipinski definition) is 3. The molecule has 2 aromatic carbocycles. The fourth-order valence-corrected chi connectivity index (χ4v) is 2.18. The van der Waals surface area contributed by atoms with Crippen molar-refractivity contribution >= 4 is 27.3 Å². The number of halogens is 2. The second kappa shape index (κ2) is 6.00. The first-order chi connectivity index (χ1) is 9.49. The molecule has 0 aromatic heterocycles. The van der Waals surface area contributed by atoms with Gasteiger partial charge in [0.05, 0.1) is 4.92 Å². The Morgan fingerprint density at radius 1 is 1.35 bits per heavy atom. The number of aryl methyl sites for hydroxylation is 1. The third kappa shape index (κ3) is 3.14. The summed E-state index contributed by atoms with van der Waals surface area (Å²) in [5, 5.41) is 13.8. The normalized spacial score (nSPS) is 10.3. The highest BCUT2D eigenvalue weighted by atomic mass is 79.9. The summed E-state index contributed by atoms with van der Waals surface area (Å²) in [5.41, 5.74) is 1.62. The quantitative estimate of drug-likeness (QED) is 0.663. The van der Waals surface area contributed by atoms with Gasteiger partial charge in [-0.2, -0.15) is 4.39 Å². The highest BCUT2D eigenvalue weighted by molar-refractivity contribution is 9.10. The lowest BCUT2D eigenvalue weighted by Gasteiger charge is -2.10. The molecule has 0 bridgehead atoms. The van der Waals surface area contributed by atoms with Crippen LogP contribution in [0.4, 0.5) is 15.8 Å². The van der Waals surface area contributed by atoms with E-state index >= 15 is 0 Å². The summed E-state index contributed by atoms with van der Waals surface area (Å²) in [6.45, 7) is 2.11. The molecule has 0 spiro atoms. The number of hydrogen-bond donors (Lipinski definition) is 1. The lowest BCUT2D eigenvalue weighted by molar-refractivity contribution is -0.387. The Balaban J connectivity index is 2.21. The molecule has 0 saturated carbocycles. The first kappa shape index (κ1) is 14.5. The molecule has 0 aliphatic carbocycles. The summed E-state index contributed by atoms with van der Waals surface area (Å²) in [4.78, 5) is 9.97. The highest BCUT2D eigenvalue weighted by Crippen LogP contribution is 2.24. The van der Waals surface area contributed by atoms with E-state index in [0.29, 0.717) is 0 Å². The minimum atomic E-state index is -0.794. The lowest BCUT2D eigenvalue weighted by Crippen LogP contribution is -2.05. The van der Waals surface area contributed by atoms with Crippen LogP contribution in [0.25, 0.3) is 0 Å². The van der Waals surface area contributed by atoms with Crippen LogP contribution in [0.2, 0.25) is 0 Å². The van der Waals surface area contributed by atoms with Crippen molar-refractivity contribution in [2.75, 3.05) is 5.32 Å². The average molecular weight is 339 g/mol. The van der Waals surface area contributed by atoms with Crippen molar-refractivity contribution in [2.45, 2.75) is 13.5 Å². The molecule has 0 unspecified atom stereocenters. The molecule has 0 aliphatic heterocycles. The van der Waals surface area contributed by atoms with E-state index in [4.69, 9.17) is 0 Å². The maximum atomic E-state index is 13.9. The Hall–Kier alpha value is -1.95. The third-order valence-corrected chi connectivity index (χ3v) is 3.42. The smallest absolute Gasteiger partial charge is 0.305 e. The van der Waals surface area contributed by atoms with Gasteiger partial charge in [0.15, 0.2) is 0 Å². The van der Waals surface area contributed by atoms with E-state index in [1.54, 1.807) is 0 Å². The van der Waals surface area contributed by atoms with Gasteiger partial charge in [-0.05, 0) is 24.6 Å². The molecule has 4 nitrogen and oxygen atoms in total. The zero-order valence-corrected chi connectivity index (χ0v) is 12.3. The van der Waals surface area contributed by atoms with E-state index in [9.17, 15) is 14.5 Å². The summed E-state index contributed by atoms with van der Waals surface area (Å²) in [6, 6.07) is 9.88.